The van der Waals surface area contributed by atoms with Crippen LogP contribution in [0.25, 0.3) is 0 Å². The Morgan fingerprint density at radius 3 is 1.48 bits per heavy atom. The number of nitrogens with one attached hydrogen (secondary N) is 2. The fraction of sp³-hybridized carbons (Fsp3) is 0.333. The van der Waals surface area contributed by atoms with E-state index in [2.05, 4.69) is 21.1 Å². The first-order chi connectivity index (χ1) is 15.9. The molecule has 0 saturated carbocycles. The van der Waals surface area contributed by atoms with Crippen LogP contribution in [0.3, 0.4) is 0 Å². The molecule has 2 rings (SSSR count). The summed E-state index contributed by atoms with van der Waals surface area (Å²) in [4.78, 5) is 4.01. The van der Waals surface area contributed by atoms with E-state index in [4.69, 9.17) is 24.4 Å². The first-order valence-corrected chi connectivity index (χ1v) is 11.9. The van der Waals surface area contributed by atoms with Gasteiger partial charge in [0.05, 0.1) is 0 Å². The highest BCUT2D eigenvalue weighted by Gasteiger charge is 2.17. The molecule has 7 nitrogen and oxygen atoms in total. The van der Waals surface area contributed by atoms with Crippen molar-refractivity contribution in [2.75, 3.05) is 26.2 Å². The molecule has 3 N–H and O–H groups in total. The largest absolute Gasteiger partial charge is 0.508 e. The van der Waals surface area contributed by atoms with E-state index in [0.717, 1.165) is 37.3 Å². The fourth-order valence-corrected chi connectivity index (χ4v) is 3.70. The molecule has 33 heavy (non-hydrogen) atoms. The van der Waals surface area contributed by atoms with Crippen LogP contribution in [0.15, 0.2) is 64.8 Å². The molecule has 0 spiro atoms. The van der Waals surface area contributed by atoms with E-state index in [1.54, 1.807) is 24.3 Å². The molecular weight excluding hydrogens is 452 g/mol. The number of phenolic OH excluding ortho intramolecular Hbond substituents is 1. The zero-order valence-electron chi connectivity index (χ0n) is 19.6. The van der Waals surface area contributed by atoms with Gasteiger partial charge in [0, 0.05) is 37.3 Å². The molecule has 176 valence electrons. The number of thiocarbonyl (C=S) groups is 2. The predicted octanol–water partition coefficient (Wildman–Crippen LogP) is 3.93. The summed E-state index contributed by atoms with van der Waals surface area (Å²) >= 11 is 11.0. The number of rotatable bonds is 9. The van der Waals surface area contributed by atoms with Crippen LogP contribution in [0.1, 0.15) is 38.8 Å². The molecule has 0 aromatic heterocycles. The maximum atomic E-state index is 9.79. The van der Waals surface area contributed by atoms with E-state index in [1.165, 1.54) is 0 Å². The van der Waals surface area contributed by atoms with Crippen LogP contribution >= 0.6 is 24.4 Å². The van der Waals surface area contributed by atoms with Gasteiger partial charge >= 0.3 is 0 Å². The lowest BCUT2D eigenvalue weighted by molar-refractivity contribution is 0.457. The summed E-state index contributed by atoms with van der Waals surface area (Å²) in [5, 5.41) is 20.2. The maximum Gasteiger partial charge on any atom is 0.189 e. The van der Waals surface area contributed by atoms with Crippen molar-refractivity contribution in [3.63, 3.8) is 0 Å². The second-order valence-corrected chi connectivity index (χ2v) is 7.79. The van der Waals surface area contributed by atoms with Crippen molar-refractivity contribution in [3.05, 3.63) is 65.7 Å². The van der Waals surface area contributed by atoms with Crippen molar-refractivity contribution in [1.29, 1.82) is 0 Å². The Bertz CT molecular complexity index is 968. The zero-order chi connectivity index (χ0) is 24.2. The number of aromatic hydroxyl groups is 1. The number of hydrazone groups is 2. The summed E-state index contributed by atoms with van der Waals surface area (Å²) < 4.78 is 0. The Hall–Kier alpha value is -3.04. The van der Waals surface area contributed by atoms with Gasteiger partial charge in [-0.25, -0.2) is 0 Å². The fourth-order valence-electron chi connectivity index (χ4n) is 3.09. The van der Waals surface area contributed by atoms with Gasteiger partial charge in [-0.05, 0) is 76.4 Å². The Kier molecular flexibility index (Phi) is 10.7. The summed E-state index contributed by atoms with van der Waals surface area (Å²) in [6.07, 6.45) is 0. The van der Waals surface area contributed by atoms with E-state index in [9.17, 15) is 5.11 Å². The van der Waals surface area contributed by atoms with Gasteiger partial charge in [-0.1, -0.05) is 30.3 Å². The average molecular weight is 485 g/mol. The topological polar surface area (TPSA) is 75.5 Å². The molecule has 0 radical (unpaired) electrons. The number of hydrogen-bond acceptors (Lipinski definition) is 5. The SMILES string of the molecule is CCN(CC)C(=S)NN=C(C(=NNC(=S)N(CC)CC)c1ccc(O)cc1)c1ccccc1. The summed E-state index contributed by atoms with van der Waals surface area (Å²) in [7, 11) is 0. The molecule has 0 heterocycles. The molecule has 2 aromatic carbocycles. The monoisotopic (exact) mass is 484 g/mol. The standard InChI is InChI=1S/C24H32N6OS2/c1-5-29(6-2)23(32)27-25-21(18-12-10-9-11-13-18)22(19-14-16-20(31)17-15-19)26-28-24(33)30(7-3)8-4/h9-17,31H,5-8H2,1-4H3,(H,27,32)(H,28,33). The molecule has 9 heteroatoms. The lowest BCUT2D eigenvalue weighted by atomic mass is 10.00. The normalized spacial score (nSPS) is 11.6. The Morgan fingerprint density at radius 2 is 1.09 bits per heavy atom. The van der Waals surface area contributed by atoms with Crippen LogP contribution in [0.5, 0.6) is 5.75 Å². The van der Waals surface area contributed by atoms with E-state index < -0.39 is 0 Å². The molecular formula is C24H32N6OS2. The van der Waals surface area contributed by atoms with Crippen LogP contribution in [-0.4, -0.2) is 62.7 Å². The minimum Gasteiger partial charge on any atom is -0.508 e. The number of hydrogen-bond donors (Lipinski definition) is 3. The van der Waals surface area contributed by atoms with Crippen LogP contribution in [0.2, 0.25) is 0 Å². The quantitative estimate of drug-likeness (QED) is 0.283. The van der Waals surface area contributed by atoms with E-state index >= 15 is 0 Å². The summed E-state index contributed by atoms with van der Waals surface area (Å²) in [5.74, 6) is 0.170. The molecule has 0 unspecified atom stereocenters. The third-order valence-corrected chi connectivity index (χ3v) is 5.74. The Labute approximate surface area is 207 Å². The minimum absolute atomic E-state index is 0.170. The smallest absolute Gasteiger partial charge is 0.189 e. The summed E-state index contributed by atoms with van der Waals surface area (Å²) in [6.45, 7) is 11.3. The molecule has 2 aromatic rings. The number of nitrogens with zero attached hydrogens (tertiary/aromatic N) is 4. The van der Waals surface area contributed by atoms with Gasteiger partial charge in [0.25, 0.3) is 0 Å². The third kappa shape index (κ3) is 7.50. The van der Waals surface area contributed by atoms with Crippen molar-refractivity contribution in [2.45, 2.75) is 27.7 Å². The second kappa shape index (κ2) is 13.5. The molecule has 0 aliphatic rings. The molecule has 0 aliphatic heterocycles. The van der Waals surface area contributed by atoms with Crippen molar-refractivity contribution in [3.8, 4) is 5.75 Å². The Balaban J connectivity index is 2.55. The molecule has 0 atom stereocenters. The van der Waals surface area contributed by atoms with Crippen molar-refractivity contribution < 1.29 is 5.11 Å². The van der Waals surface area contributed by atoms with Crippen LogP contribution in [0, 0.1) is 0 Å². The molecule has 0 fully saturated rings. The highest BCUT2D eigenvalue weighted by Crippen LogP contribution is 2.14. The number of benzene rings is 2. The molecule has 0 aliphatic carbocycles. The van der Waals surface area contributed by atoms with E-state index in [-0.39, 0.29) is 5.75 Å². The van der Waals surface area contributed by atoms with Crippen molar-refractivity contribution >= 4 is 46.1 Å². The van der Waals surface area contributed by atoms with Crippen molar-refractivity contribution in [1.82, 2.24) is 20.7 Å². The van der Waals surface area contributed by atoms with Gasteiger partial charge in [0.1, 0.15) is 17.2 Å². The lowest BCUT2D eigenvalue weighted by Crippen LogP contribution is -2.39. The highest BCUT2D eigenvalue weighted by molar-refractivity contribution is 7.80. The summed E-state index contributed by atoms with van der Waals surface area (Å²) in [5.41, 5.74) is 8.80. The van der Waals surface area contributed by atoms with E-state index in [0.29, 0.717) is 21.6 Å². The minimum atomic E-state index is 0.170. The van der Waals surface area contributed by atoms with Gasteiger partial charge in [-0.15, -0.1) is 0 Å². The predicted molar refractivity (Wildman–Crippen MR) is 145 cm³/mol. The molecule has 0 bridgehead atoms. The van der Waals surface area contributed by atoms with Gasteiger partial charge < -0.3 is 14.9 Å². The van der Waals surface area contributed by atoms with Gasteiger partial charge in [-0.2, -0.15) is 10.2 Å². The first kappa shape index (κ1) is 26.2. The van der Waals surface area contributed by atoms with Crippen LogP contribution < -0.4 is 10.9 Å². The van der Waals surface area contributed by atoms with Crippen LogP contribution in [0.4, 0.5) is 0 Å². The second-order valence-electron chi connectivity index (χ2n) is 7.01. The zero-order valence-corrected chi connectivity index (χ0v) is 21.2. The van der Waals surface area contributed by atoms with Crippen LogP contribution in [-0.2, 0) is 0 Å². The molecule has 0 saturated heterocycles. The summed E-state index contributed by atoms with van der Waals surface area (Å²) in [6, 6.07) is 16.6. The van der Waals surface area contributed by atoms with E-state index in [1.807, 2.05) is 67.8 Å². The average Bonchev–Trinajstić information content (AvgIpc) is 2.84. The van der Waals surface area contributed by atoms with Gasteiger partial charge in [0.15, 0.2) is 10.2 Å². The van der Waals surface area contributed by atoms with Crippen molar-refractivity contribution in [2.24, 2.45) is 10.2 Å². The highest BCUT2D eigenvalue weighted by atomic mass is 32.1. The number of phenols is 1. The first-order valence-electron chi connectivity index (χ1n) is 11.0. The third-order valence-electron chi connectivity index (χ3n) is 5.04. The lowest BCUT2D eigenvalue weighted by Gasteiger charge is -2.22. The maximum absolute atomic E-state index is 9.79. The van der Waals surface area contributed by atoms with Gasteiger partial charge in [-0.3, -0.25) is 10.9 Å². The Morgan fingerprint density at radius 1 is 0.697 bits per heavy atom. The molecule has 0 amide bonds. The van der Waals surface area contributed by atoms with Gasteiger partial charge in [0.2, 0.25) is 0 Å².